The number of para-hydroxylation sites is 2. The highest BCUT2D eigenvalue weighted by Gasteiger charge is 2.17. The Bertz CT molecular complexity index is 615. The number of esters is 1. The molecule has 23 heavy (non-hydrogen) atoms. The smallest absolute Gasteiger partial charge is 0.307 e. The Morgan fingerprint density at radius 1 is 1.04 bits per heavy atom. The van der Waals surface area contributed by atoms with Crippen LogP contribution in [-0.2, 0) is 14.3 Å². The van der Waals surface area contributed by atoms with Gasteiger partial charge in [-0.3, -0.25) is 4.79 Å². The molecule has 0 spiro atoms. The van der Waals surface area contributed by atoms with Gasteiger partial charge in [-0.25, -0.2) is 0 Å². The highest BCUT2D eigenvalue weighted by atomic mass is 16.7. The van der Waals surface area contributed by atoms with Gasteiger partial charge in [0.25, 0.3) is 0 Å². The molecule has 2 aromatic rings. The lowest BCUT2D eigenvalue weighted by molar-refractivity contribution is -0.140. The molecule has 0 saturated carbocycles. The van der Waals surface area contributed by atoms with E-state index in [4.69, 9.17) is 14.2 Å². The monoisotopic (exact) mass is 315 g/mol. The van der Waals surface area contributed by atoms with Crippen LogP contribution < -0.4 is 10.1 Å². The third-order valence-corrected chi connectivity index (χ3v) is 3.35. The predicted molar refractivity (Wildman–Crippen MR) is 88.4 cm³/mol. The summed E-state index contributed by atoms with van der Waals surface area (Å²) in [5, 5.41) is 3.36. The van der Waals surface area contributed by atoms with Gasteiger partial charge < -0.3 is 19.5 Å². The number of ether oxygens (including phenoxy) is 3. The van der Waals surface area contributed by atoms with Crippen molar-refractivity contribution in [1.29, 1.82) is 0 Å². The Labute approximate surface area is 136 Å². The predicted octanol–water partition coefficient (Wildman–Crippen LogP) is 3.39. The summed E-state index contributed by atoms with van der Waals surface area (Å²) in [5.74, 6) is 0.391. The van der Waals surface area contributed by atoms with Crippen LogP contribution >= 0.6 is 0 Å². The van der Waals surface area contributed by atoms with Crippen molar-refractivity contribution in [2.24, 2.45) is 0 Å². The number of rotatable bonds is 8. The van der Waals surface area contributed by atoms with Gasteiger partial charge in [0.1, 0.15) is 5.75 Å². The molecule has 0 aliphatic heterocycles. The lowest BCUT2D eigenvalue weighted by Gasteiger charge is -2.21. The zero-order chi connectivity index (χ0) is 16.5. The number of hydrogen-bond acceptors (Lipinski definition) is 5. The number of nitrogens with one attached hydrogen (secondary N) is 1. The van der Waals surface area contributed by atoms with E-state index in [0.717, 1.165) is 11.3 Å². The summed E-state index contributed by atoms with van der Waals surface area (Å²) in [6, 6.07) is 17.1. The molecular formula is C18H21NO4. The van der Waals surface area contributed by atoms with E-state index >= 15 is 0 Å². The molecule has 1 atom stereocenters. The molecule has 0 radical (unpaired) electrons. The summed E-state index contributed by atoms with van der Waals surface area (Å²) >= 11 is 0. The normalized spacial score (nSPS) is 11.6. The maximum atomic E-state index is 11.7. The van der Waals surface area contributed by atoms with Crippen LogP contribution in [0.5, 0.6) is 5.75 Å². The Morgan fingerprint density at radius 3 is 2.43 bits per heavy atom. The first-order valence-corrected chi connectivity index (χ1v) is 7.33. The van der Waals surface area contributed by atoms with E-state index in [9.17, 15) is 4.79 Å². The van der Waals surface area contributed by atoms with Gasteiger partial charge in [-0.15, -0.1) is 0 Å². The molecule has 1 unspecified atom stereocenters. The van der Waals surface area contributed by atoms with Crippen LogP contribution in [0.25, 0.3) is 0 Å². The number of benzene rings is 2. The zero-order valence-corrected chi connectivity index (χ0v) is 13.3. The van der Waals surface area contributed by atoms with Gasteiger partial charge in [-0.2, -0.15) is 0 Å². The van der Waals surface area contributed by atoms with Crippen LogP contribution in [0.15, 0.2) is 54.6 Å². The van der Waals surface area contributed by atoms with E-state index in [2.05, 4.69) is 5.32 Å². The van der Waals surface area contributed by atoms with Crippen molar-refractivity contribution >= 4 is 11.7 Å². The van der Waals surface area contributed by atoms with Crippen LogP contribution in [0.1, 0.15) is 18.0 Å². The third-order valence-electron chi connectivity index (χ3n) is 3.35. The zero-order valence-electron chi connectivity index (χ0n) is 13.3. The van der Waals surface area contributed by atoms with E-state index in [-0.39, 0.29) is 25.2 Å². The number of hydrogen-bond donors (Lipinski definition) is 1. The van der Waals surface area contributed by atoms with Crippen molar-refractivity contribution in [1.82, 2.24) is 0 Å². The van der Waals surface area contributed by atoms with Crippen LogP contribution in [0, 0.1) is 0 Å². The van der Waals surface area contributed by atoms with Crippen LogP contribution in [0.2, 0.25) is 0 Å². The largest absolute Gasteiger partial charge is 0.469 e. The molecule has 0 fully saturated rings. The second kappa shape index (κ2) is 8.80. The Balaban J connectivity index is 2.22. The molecule has 0 aliphatic carbocycles. The maximum absolute atomic E-state index is 11.7. The van der Waals surface area contributed by atoms with E-state index < -0.39 is 0 Å². The van der Waals surface area contributed by atoms with Gasteiger partial charge in [0, 0.05) is 7.11 Å². The van der Waals surface area contributed by atoms with Gasteiger partial charge >= 0.3 is 5.97 Å². The average molecular weight is 315 g/mol. The quantitative estimate of drug-likeness (QED) is 0.598. The van der Waals surface area contributed by atoms with E-state index in [1.807, 2.05) is 54.6 Å². The highest BCUT2D eigenvalue weighted by Crippen LogP contribution is 2.30. The first-order chi connectivity index (χ1) is 11.2. The molecule has 5 heteroatoms. The fourth-order valence-corrected chi connectivity index (χ4v) is 2.21. The average Bonchev–Trinajstić information content (AvgIpc) is 2.61. The summed E-state index contributed by atoms with van der Waals surface area (Å²) in [5.41, 5.74) is 1.79. The molecule has 0 bridgehead atoms. The van der Waals surface area contributed by atoms with Crippen molar-refractivity contribution in [3.05, 3.63) is 60.2 Å². The van der Waals surface area contributed by atoms with Gasteiger partial charge in [-0.1, -0.05) is 42.5 Å². The third kappa shape index (κ3) is 5.00. The Hall–Kier alpha value is -2.53. The minimum Gasteiger partial charge on any atom is -0.469 e. The summed E-state index contributed by atoms with van der Waals surface area (Å²) < 4.78 is 15.3. The Morgan fingerprint density at radius 2 is 1.74 bits per heavy atom. The fraction of sp³-hybridized carbons (Fsp3) is 0.278. The minimum atomic E-state index is -0.276. The summed E-state index contributed by atoms with van der Waals surface area (Å²) in [4.78, 5) is 11.7. The molecule has 2 aromatic carbocycles. The first kappa shape index (κ1) is 16.8. The van der Waals surface area contributed by atoms with Crippen molar-refractivity contribution in [2.75, 3.05) is 26.3 Å². The molecule has 0 saturated heterocycles. The summed E-state index contributed by atoms with van der Waals surface area (Å²) in [7, 11) is 2.96. The molecular weight excluding hydrogens is 294 g/mol. The van der Waals surface area contributed by atoms with Crippen molar-refractivity contribution in [3.8, 4) is 5.75 Å². The van der Waals surface area contributed by atoms with Gasteiger partial charge in [0.2, 0.25) is 0 Å². The standard InChI is InChI=1S/C18H21NO4/c1-21-13-23-17-11-7-6-10-15(17)19-16(12-18(20)22-2)14-8-4-3-5-9-14/h3-11,16,19H,12-13H2,1-2H3. The molecule has 122 valence electrons. The van der Waals surface area contributed by atoms with Gasteiger partial charge in [0.15, 0.2) is 6.79 Å². The van der Waals surface area contributed by atoms with E-state index in [1.165, 1.54) is 7.11 Å². The summed E-state index contributed by atoms with van der Waals surface area (Å²) in [6.07, 6.45) is 0.221. The molecule has 1 N–H and O–H groups in total. The lowest BCUT2D eigenvalue weighted by Crippen LogP contribution is -2.17. The van der Waals surface area contributed by atoms with Gasteiger partial charge in [0.05, 0.1) is 25.3 Å². The number of carbonyl (C=O) groups excluding carboxylic acids is 1. The van der Waals surface area contributed by atoms with Crippen LogP contribution in [-0.4, -0.2) is 27.0 Å². The van der Waals surface area contributed by atoms with Crippen LogP contribution in [0.3, 0.4) is 0 Å². The highest BCUT2D eigenvalue weighted by molar-refractivity contribution is 5.71. The first-order valence-electron chi connectivity index (χ1n) is 7.33. The van der Waals surface area contributed by atoms with Crippen molar-refractivity contribution in [2.45, 2.75) is 12.5 Å². The maximum Gasteiger partial charge on any atom is 0.307 e. The minimum absolute atomic E-state index is 0.158. The molecule has 0 amide bonds. The van der Waals surface area contributed by atoms with E-state index in [1.54, 1.807) is 7.11 Å². The number of anilines is 1. The number of methoxy groups -OCH3 is 2. The molecule has 0 heterocycles. The SMILES string of the molecule is COCOc1ccccc1NC(CC(=O)OC)c1ccccc1. The second-order valence-corrected chi connectivity index (χ2v) is 4.93. The molecule has 5 nitrogen and oxygen atoms in total. The second-order valence-electron chi connectivity index (χ2n) is 4.93. The summed E-state index contributed by atoms with van der Waals surface area (Å²) in [6.45, 7) is 0.158. The van der Waals surface area contributed by atoms with Gasteiger partial charge in [-0.05, 0) is 17.7 Å². The van der Waals surface area contributed by atoms with E-state index in [0.29, 0.717) is 5.75 Å². The van der Waals surface area contributed by atoms with Crippen LogP contribution in [0.4, 0.5) is 5.69 Å². The lowest BCUT2D eigenvalue weighted by atomic mass is 10.0. The van der Waals surface area contributed by atoms with Crippen molar-refractivity contribution < 1.29 is 19.0 Å². The fourth-order valence-electron chi connectivity index (χ4n) is 2.21. The topological polar surface area (TPSA) is 56.8 Å². The van der Waals surface area contributed by atoms with Crippen molar-refractivity contribution in [3.63, 3.8) is 0 Å². The molecule has 2 rings (SSSR count). The molecule has 0 aromatic heterocycles. The Kier molecular flexibility index (Phi) is 6.44. The molecule has 0 aliphatic rings. The number of carbonyl (C=O) groups is 1.